The molecule has 0 saturated heterocycles. The number of hydrogen-bond acceptors (Lipinski definition) is 5. The molecule has 8 heteroatoms. The third-order valence-corrected chi connectivity index (χ3v) is 5.04. The summed E-state index contributed by atoms with van der Waals surface area (Å²) in [6.07, 6.45) is 5.68. The Kier molecular flexibility index (Phi) is 4.60. The number of allylic oxidation sites excluding steroid dienone is 2. The van der Waals surface area contributed by atoms with Crippen LogP contribution in [0.3, 0.4) is 0 Å². The Balaban J connectivity index is 2.21. The Bertz CT molecular complexity index is 740. The SMILES string of the molecule is Cc1cc([N+](=O)[O-])ccc1S(=O)(=O)NC(=O)C1CC=CCC1. The molecule has 1 aromatic rings. The largest absolute Gasteiger partial charge is 0.274 e. The van der Waals surface area contributed by atoms with Crippen LogP contribution in [0.25, 0.3) is 0 Å². The molecule has 1 amide bonds. The number of nitro groups is 1. The number of rotatable bonds is 4. The monoisotopic (exact) mass is 324 g/mol. The summed E-state index contributed by atoms with van der Waals surface area (Å²) >= 11 is 0. The average molecular weight is 324 g/mol. The van der Waals surface area contributed by atoms with Crippen LogP contribution in [0.4, 0.5) is 5.69 Å². The van der Waals surface area contributed by atoms with E-state index < -0.39 is 20.9 Å². The maximum atomic E-state index is 12.3. The molecule has 1 N–H and O–H groups in total. The maximum absolute atomic E-state index is 12.3. The van der Waals surface area contributed by atoms with E-state index in [9.17, 15) is 23.3 Å². The molecule has 0 bridgehead atoms. The number of carbonyl (C=O) groups is 1. The molecule has 0 fully saturated rings. The minimum atomic E-state index is -4.03. The lowest BCUT2D eigenvalue weighted by Gasteiger charge is -2.17. The van der Waals surface area contributed by atoms with E-state index in [1.54, 1.807) is 0 Å². The molecule has 0 aliphatic heterocycles. The summed E-state index contributed by atoms with van der Waals surface area (Å²) in [5.74, 6) is -0.903. The van der Waals surface area contributed by atoms with Gasteiger partial charge < -0.3 is 0 Å². The van der Waals surface area contributed by atoms with Gasteiger partial charge in [-0.2, -0.15) is 0 Å². The molecule has 1 aliphatic rings. The second-order valence-corrected chi connectivity index (χ2v) is 6.81. The molecular formula is C14H16N2O5S. The van der Waals surface area contributed by atoms with Crippen molar-refractivity contribution in [3.05, 3.63) is 46.0 Å². The average Bonchev–Trinajstić information content (AvgIpc) is 2.47. The molecule has 1 atom stereocenters. The molecule has 1 unspecified atom stereocenters. The second-order valence-electron chi connectivity index (χ2n) is 5.16. The van der Waals surface area contributed by atoms with Gasteiger partial charge in [0, 0.05) is 18.1 Å². The first kappa shape index (κ1) is 16.2. The van der Waals surface area contributed by atoms with Crippen LogP contribution in [0.2, 0.25) is 0 Å². The summed E-state index contributed by atoms with van der Waals surface area (Å²) in [6, 6.07) is 3.42. The van der Waals surface area contributed by atoms with E-state index in [-0.39, 0.29) is 22.1 Å². The maximum Gasteiger partial charge on any atom is 0.269 e. The van der Waals surface area contributed by atoms with Crippen LogP contribution in [-0.4, -0.2) is 19.2 Å². The Morgan fingerprint density at radius 1 is 1.36 bits per heavy atom. The van der Waals surface area contributed by atoms with Gasteiger partial charge in [0.15, 0.2) is 0 Å². The van der Waals surface area contributed by atoms with Crippen LogP contribution in [0.1, 0.15) is 24.8 Å². The van der Waals surface area contributed by atoms with Gasteiger partial charge in [-0.1, -0.05) is 12.2 Å². The normalized spacial score (nSPS) is 18.0. The van der Waals surface area contributed by atoms with Gasteiger partial charge in [-0.3, -0.25) is 14.9 Å². The summed E-state index contributed by atoms with van der Waals surface area (Å²) < 4.78 is 26.6. The van der Waals surface area contributed by atoms with Gasteiger partial charge >= 0.3 is 0 Å². The fourth-order valence-corrected chi connectivity index (χ4v) is 3.62. The number of nitro benzene ring substituents is 1. The Morgan fingerprint density at radius 2 is 2.09 bits per heavy atom. The number of benzene rings is 1. The fourth-order valence-electron chi connectivity index (χ4n) is 2.35. The lowest BCUT2D eigenvalue weighted by Crippen LogP contribution is -2.36. The molecule has 1 aliphatic carbocycles. The molecule has 2 rings (SSSR count). The Labute approximate surface area is 128 Å². The number of aryl methyl sites for hydroxylation is 1. The van der Waals surface area contributed by atoms with E-state index in [2.05, 4.69) is 4.72 Å². The predicted molar refractivity (Wildman–Crippen MR) is 79.6 cm³/mol. The van der Waals surface area contributed by atoms with Crippen molar-refractivity contribution >= 4 is 21.6 Å². The van der Waals surface area contributed by atoms with Crippen molar-refractivity contribution in [1.29, 1.82) is 0 Å². The number of nitrogens with zero attached hydrogens (tertiary/aromatic N) is 1. The first-order valence-corrected chi connectivity index (χ1v) is 8.26. The fraction of sp³-hybridized carbons (Fsp3) is 0.357. The molecule has 0 heterocycles. The number of carbonyl (C=O) groups excluding carboxylic acids is 1. The van der Waals surface area contributed by atoms with Crippen LogP contribution in [0, 0.1) is 23.0 Å². The van der Waals surface area contributed by atoms with Crippen molar-refractivity contribution < 1.29 is 18.1 Å². The molecule has 1 aromatic carbocycles. The molecule has 0 radical (unpaired) electrons. The van der Waals surface area contributed by atoms with Crippen LogP contribution in [0.5, 0.6) is 0 Å². The standard InChI is InChI=1S/C14H16N2O5S/c1-10-9-12(16(18)19)7-8-13(10)22(20,21)15-14(17)11-5-3-2-4-6-11/h2-3,7-9,11H,4-6H2,1H3,(H,15,17). The third-order valence-electron chi connectivity index (χ3n) is 3.53. The molecule has 0 spiro atoms. The minimum absolute atomic E-state index is 0.127. The summed E-state index contributed by atoms with van der Waals surface area (Å²) in [4.78, 5) is 22.0. The van der Waals surface area contributed by atoms with Gasteiger partial charge in [0.25, 0.3) is 15.7 Å². The quantitative estimate of drug-likeness (QED) is 0.518. The van der Waals surface area contributed by atoms with Crippen molar-refractivity contribution in [2.24, 2.45) is 5.92 Å². The van der Waals surface area contributed by atoms with E-state index in [4.69, 9.17) is 0 Å². The zero-order chi connectivity index (χ0) is 16.3. The number of sulfonamides is 1. The molecule has 22 heavy (non-hydrogen) atoms. The van der Waals surface area contributed by atoms with E-state index in [1.165, 1.54) is 13.0 Å². The molecule has 0 saturated carbocycles. The topological polar surface area (TPSA) is 106 Å². The third kappa shape index (κ3) is 3.51. The Hall–Kier alpha value is -2.22. The Morgan fingerprint density at radius 3 is 2.64 bits per heavy atom. The molecule has 0 aromatic heterocycles. The smallest absolute Gasteiger partial charge is 0.269 e. The van der Waals surface area contributed by atoms with Gasteiger partial charge in [0.1, 0.15) is 0 Å². The van der Waals surface area contributed by atoms with Crippen molar-refractivity contribution in [2.45, 2.75) is 31.1 Å². The second kappa shape index (κ2) is 6.27. The zero-order valence-corrected chi connectivity index (χ0v) is 12.8. The summed E-state index contributed by atoms with van der Waals surface area (Å²) in [5, 5.41) is 10.7. The highest BCUT2D eigenvalue weighted by atomic mass is 32.2. The van der Waals surface area contributed by atoms with Gasteiger partial charge in [-0.05, 0) is 37.8 Å². The van der Waals surface area contributed by atoms with E-state index in [0.717, 1.165) is 18.6 Å². The first-order chi connectivity index (χ1) is 10.3. The van der Waals surface area contributed by atoms with Crippen LogP contribution < -0.4 is 4.72 Å². The van der Waals surface area contributed by atoms with E-state index >= 15 is 0 Å². The number of amides is 1. The number of nitrogens with one attached hydrogen (secondary N) is 1. The van der Waals surface area contributed by atoms with Crippen molar-refractivity contribution in [3.63, 3.8) is 0 Å². The van der Waals surface area contributed by atoms with Crippen LogP contribution in [-0.2, 0) is 14.8 Å². The van der Waals surface area contributed by atoms with Crippen LogP contribution in [0.15, 0.2) is 35.2 Å². The van der Waals surface area contributed by atoms with Gasteiger partial charge in [-0.25, -0.2) is 13.1 Å². The lowest BCUT2D eigenvalue weighted by molar-refractivity contribution is -0.385. The number of hydrogen-bond donors (Lipinski definition) is 1. The van der Waals surface area contributed by atoms with Crippen molar-refractivity contribution in [2.75, 3.05) is 0 Å². The van der Waals surface area contributed by atoms with Gasteiger partial charge in [0.2, 0.25) is 5.91 Å². The van der Waals surface area contributed by atoms with Gasteiger partial charge in [-0.15, -0.1) is 0 Å². The summed E-state index contributed by atoms with van der Waals surface area (Å²) in [5.41, 5.74) is 0.0261. The molecular weight excluding hydrogens is 308 g/mol. The highest BCUT2D eigenvalue weighted by Gasteiger charge is 2.26. The highest BCUT2D eigenvalue weighted by molar-refractivity contribution is 7.90. The molecule has 118 valence electrons. The minimum Gasteiger partial charge on any atom is -0.274 e. The predicted octanol–water partition coefficient (Wildman–Crippen LogP) is 2.06. The molecule has 7 nitrogen and oxygen atoms in total. The number of non-ortho nitro benzene ring substituents is 1. The van der Waals surface area contributed by atoms with Gasteiger partial charge in [0.05, 0.1) is 9.82 Å². The van der Waals surface area contributed by atoms with E-state index in [1.807, 2.05) is 12.2 Å². The summed E-state index contributed by atoms with van der Waals surface area (Å²) in [7, 11) is -4.03. The zero-order valence-electron chi connectivity index (χ0n) is 12.0. The highest BCUT2D eigenvalue weighted by Crippen LogP contribution is 2.23. The first-order valence-electron chi connectivity index (χ1n) is 6.78. The van der Waals surface area contributed by atoms with Crippen LogP contribution >= 0.6 is 0 Å². The van der Waals surface area contributed by atoms with Crippen molar-refractivity contribution in [3.8, 4) is 0 Å². The summed E-state index contributed by atoms with van der Waals surface area (Å²) in [6.45, 7) is 1.45. The van der Waals surface area contributed by atoms with Crippen molar-refractivity contribution in [1.82, 2.24) is 4.72 Å². The van der Waals surface area contributed by atoms with E-state index in [0.29, 0.717) is 12.8 Å². The lowest BCUT2D eigenvalue weighted by atomic mass is 9.94.